The molecule has 0 radical (unpaired) electrons. The Morgan fingerprint density at radius 2 is 2.04 bits per heavy atom. The predicted octanol–water partition coefficient (Wildman–Crippen LogP) is 3.12. The fourth-order valence-corrected chi connectivity index (χ4v) is 4.93. The second-order valence-corrected chi connectivity index (χ2v) is 8.42. The van der Waals surface area contributed by atoms with Gasteiger partial charge in [0.15, 0.2) is 0 Å². The third-order valence-electron chi connectivity index (χ3n) is 6.25. The molecule has 2 saturated heterocycles. The molecule has 1 atom stereocenters. The van der Waals surface area contributed by atoms with Crippen molar-refractivity contribution in [1.82, 2.24) is 19.6 Å². The van der Waals surface area contributed by atoms with Gasteiger partial charge in [-0.05, 0) is 62.4 Å². The molecule has 0 bridgehead atoms. The Labute approximate surface area is 162 Å². The molecule has 3 heterocycles. The second-order valence-electron chi connectivity index (χ2n) is 8.42. The standard InChI is InChI=1S/C22H32N4O/c1-19-5-6-21(26-11-4-9-23-26)20(15-19)16-25-12-8-22(18-25)7-3-10-24(17-22)13-14-27-2/h4-6,9,11,15H,3,7-8,10,12-14,16-18H2,1-2H3. The van der Waals surface area contributed by atoms with Gasteiger partial charge < -0.3 is 9.64 Å². The van der Waals surface area contributed by atoms with Crippen molar-refractivity contribution in [2.45, 2.75) is 32.7 Å². The van der Waals surface area contributed by atoms with Crippen molar-refractivity contribution in [3.8, 4) is 5.69 Å². The Morgan fingerprint density at radius 1 is 1.15 bits per heavy atom. The first-order chi connectivity index (χ1) is 13.2. The van der Waals surface area contributed by atoms with Crippen molar-refractivity contribution >= 4 is 0 Å². The molecule has 2 aliphatic heterocycles. The van der Waals surface area contributed by atoms with E-state index in [1.165, 1.54) is 62.3 Å². The summed E-state index contributed by atoms with van der Waals surface area (Å²) >= 11 is 0. The maximum absolute atomic E-state index is 5.30. The Kier molecular flexibility index (Phi) is 5.62. The topological polar surface area (TPSA) is 33.5 Å². The minimum atomic E-state index is 0.474. The van der Waals surface area contributed by atoms with Crippen LogP contribution in [0.25, 0.3) is 5.69 Å². The molecule has 4 rings (SSSR count). The van der Waals surface area contributed by atoms with E-state index in [0.29, 0.717) is 5.41 Å². The van der Waals surface area contributed by atoms with Gasteiger partial charge in [-0.2, -0.15) is 5.10 Å². The zero-order chi connectivity index (χ0) is 18.7. The second kappa shape index (κ2) is 8.13. The van der Waals surface area contributed by atoms with Crippen LogP contribution in [0.2, 0.25) is 0 Å². The Bertz CT molecular complexity index is 745. The molecule has 5 heteroatoms. The van der Waals surface area contributed by atoms with E-state index in [-0.39, 0.29) is 0 Å². The molecule has 0 saturated carbocycles. The van der Waals surface area contributed by atoms with Crippen LogP contribution in [0, 0.1) is 12.3 Å². The first-order valence-electron chi connectivity index (χ1n) is 10.2. The van der Waals surface area contributed by atoms with Crippen molar-refractivity contribution in [3.63, 3.8) is 0 Å². The first kappa shape index (κ1) is 18.7. The maximum Gasteiger partial charge on any atom is 0.0690 e. The van der Waals surface area contributed by atoms with E-state index >= 15 is 0 Å². The highest BCUT2D eigenvalue weighted by Crippen LogP contribution is 2.39. The number of ether oxygens (including phenoxy) is 1. The molecule has 0 amide bonds. The lowest BCUT2D eigenvalue weighted by molar-refractivity contribution is 0.0673. The fourth-order valence-electron chi connectivity index (χ4n) is 4.93. The van der Waals surface area contributed by atoms with Crippen molar-refractivity contribution in [3.05, 3.63) is 47.8 Å². The maximum atomic E-state index is 5.30. The summed E-state index contributed by atoms with van der Waals surface area (Å²) in [6.45, 7) is 9.97. The van der Waals surface area contributed by atoms with Crippen LogP contribution in [0.3, 0.4) is 0 Å². The van der Waals surface area contributed by atoms with Crippen LogP contribution < -0.4 is 0 Å². The van der Waals surface area contributed by atoms with Crippen LogP contribution in [0.4, 0.5) is 0 Å². The number of piperidine rings is 1. The van der Waals surface area contributed by atoms with Gasteiger partial charge in [-0.1, -0.05) is 17.7 Å². The van der Waals surface area contributed by atoms with Gasteiger partial charge >= 0.3 is 0 Å². The minimum absolute atomic E-state index is 0.474. The summed E-state index contributed by atoms with van der Waals surface area (Å²) in [6.07, 6.45) is 7.90. The smallest absolute Gasteiger partial charge is 0.0690 e. The number of hydrogen-bond donors (Lipinski definition) is 0. The quantitative estimate of drug-likeness (QED) is 0.784. The average Bonchev–Trinajstić information content (AvgIpc) is 3.31. The highest BCUT2D eigenvalue weighted by Gasteiger charge is 2.41. The summed E-state index contributed by atoms with van der Waals surface area (Å²) in [5.41, 5.74) is 4.37. The highest BCUT2D eigenvalue weighted by molar-refractivity contribution is 5.42. The summed E-state index contributed by atoms with van der Waals surface area (Å²) < 4.78 is 7.29. The number of aromatic nitrogens is 2. The van der Waals surface area contributed by atoms with Crippen molar-refractivity contribution < 1.29 is 4.74 Å². The number of benzene rings is 1. The predicted molar refractivity (Wildman–Crippen MR) is 108 cm³/mol. The normalized spacial score (nSPS) is 24.1. The molecule has 146 valence electrons. The first-order valence-corrected chi connectivity index (χ1v) is 10.2. The van der Waals surface area contributed by atoms with Crippen LogP contribution in [-0.4, -0.2) is 66.0 Å². The number of hydrogen-bond acceptors (Lipinski definition) is 4. The van der Waals surface area contributed by atoms with Gasteiger partial charge in [0, 0.05) is 45.7 Å². The van der Waals surface area contributed by atoms with Gasteiger partial charge in [0.25, 0.3) is 0 Å². The van der Waals surface area contributed by atoms with Crippen LogP contribution >= 0.6 is 0 Å². The van der Waals surface area contributed by atoms with E-state index in [9.17, 15) is 0 Å². The molecule has 27 heavy (non-hydrogen) atoms. The zero-order valence-corrected chi connectivity index (χ0v) is 16.7. The third kappa shape index (κ3) is 4.26. The molecule has 1 unspecified atom stereocenters. The van der Waals surface area contributed by atoms with Crippen molar-refractivity contribution in [2.75, 3.05) is 46.4 Å². The van der Waals surface area contributed by atoms with E-state index in [2.05, 4.69) is 40.0 Å². The summed E-state index contributed by atoms with van der Waals surface area (Å²) in [6, 6.07) is 8.70. The van der Waals surface area contributed by atoms with Crippen molar-refractivity contribution in [2.24, 2.45) is 5.41 Å². The van der Waals surface area contributed by atoms with Gasteiger partial charge in [0.2, 0.25) is 0 Å². The molecular formula is C22H32N4O. The molecule has 1 aromatic heterocycles. The van der Waals surface area contributed by atoms with E-state index < -0.39 is 0 Å². The summed E-state index contributed by atoms with van der Waals surface area (Å²) in [7, 11) is 1.80. The average molecular weight is 369 g/mol. The Hall–Kier alpha value is -1.69. The van der Waals surface area contributed by atoms with Gasteiger partial charge in [-0.3, -0.25) is 4.90 Å². The van der Waals surface area contributed by atoms with E-state index in [1.807, 2.05) is 23.1 Å². The molecule has 1 aromatic carbocycles. The van der Waals surface area contributed by atoms with Gasteiger partial charge in [0.1, 0.15) is 0 Å². The number of nitrogens with zero attached hydrogens (tertiary/aromatic N) is 4. The molecular weight excluding hydrogens is 336 g/mol. The number of aryl methyl sites for hydroxylation is 1. The molecule has 0 N–H and O–H groups in total. The summed E-state index contributed by atoms with van der Waals surface area (Å²) in [5, 5.41) is 4.45. The zero-order valence-electron chi connectivity index (χ0n) is 16.7. The van der Waals surface area contributed by atoms with Crippen LogP contribution in [-0.2, 0) is 11.3 Å². The van der Waals surface area contributed by atoms with E-state index in [1.54, 1.807) is 7.11 Å². The molecule has 0 aliphatic carbocycles. The minimum Gasteiger partial charge on any atom is -0.383 e. The highest BCUT2D eigenvalue weighted by atomic mass is 16.5. The van der Waals surface area contributed by atoms with Crippen LogP contribution in [0.5, 0.6) is 0 Å². The Balaban J connectivity index is 1.45. The molecule has 2 fully saturated rings. The van der Waals surface area contributed by atoms with Crippen molar-refractivity contribution in [1.29, 1.82) is 0 Å². The van der Waals surface area contributed by atoms with Gasteiger partial charge in [-0.15, -0.1) is 0 Å². The number of rotatable bonds is 6. The Morgan fingerprint density at radius 3 is 2.85 bits per heavy atom. The molecule has 1 spiro atoms. The van der Waals surface area contributed by atoms with E-state index in [4.69, 9.17) is 4.74 Å². The number of methoxy groups -OCH3 is 1. The summed E-state index contributed by atoms with van der Waals surface area (Å²) in [4.78, 5) is 5.26. The fraction of sp³-hybridized carbons (Fsp3) is 0.591. The SMILES string of the molecule is COCCN1CCCC2(CCN(Cc3cc(C)ccc3-n3cccn3)C2)C1. The lowest BCUT2D eigenvalue weighted by Crippen LogP contribution is -2.45. The monoisotopic (exact) mass is 368 g/mol. The largest absolute Gasteiger partial charge is 0.383 e. The lowest BCUT2D eigenvalue weighted by atomic mass is 9.79. The summed E-state index contributed by atoms with van der Waals surface area (Å²) in [5.74, 6) is 0. The van der Waals surface area contributed by atoms with E-state index in [0.717, 1.165) is 19.7 Å². The van der Waals surface area contributed by atoms with Gasteiger partial charge in [0.05, 0.1) is 12.3 Å². The molecule has 2 aliphatic rings. The van der Waals surface area contributed by atoms with Crippen LogP contribution in [0.1, 0.15) is 30.4 Å². The lowest BCUT2D eigenvalue weighted by Gasteiger charge is -2.40. The molecule has 2 aromatic rings. The van der Waals surface area contributed by atoms with Crippen LogP contribution in [0.15, 0.2) is 36.7 Å². The van der Waals surface area contributed by atoms with Gasteiger partial charge in [-0.25, -0.2) is 4.68 Å². The third-order valence-corrected chi connectivity index (χ3v) is 6.25. The molecule has 5 nitrogen and oxygen atoms in total. The number of likely N-dealkylation sites (tertiary alicyclic amines) is 2.